The van der Waals surface area contributed by atoms with Gasteiger partial charge in [0.05, 0.1) is 12.8 Å². The predicted molar refractivity (Wildman–Crippen MR) is 80.8 cm³/mol. The number of ether oxygens (including phenoxy) is 3. The predicted octanol–water partition coefficient (Wildman–Crippen LogP) is 2.53. The number of carbonyl (C=O) groups is 2. The molecule has 0 bridgehead atoms. The molecule has 1 rings (SSSR count). The molecule has 0 aromatic heterocycles. The van der Waals surface area contributed by atoms with Crippen molar-refractivity contribution in [2.45, 2.75) is 26.4 Å². The fourth-order valence-corrected chi connectivity index (χ4v) is 1.56. The Balaban J connectivity index is 2.92. The summed E-state index contributed by atoms with van der Waals surface area (Å²) in [5, 5.41) is 8.63. The average molecular weight is 311 g/mol. The molecule has 0 atom stereocenters. The molecule has 0 radical (unpaired) electrons. The fourth-order valence-electron chi connectivity index (χ4n) is 1.56. The second-order valence-electron chi connectivity index (χ2n) is 5.56. The zero-order chi connectivity index (χ0) is 16.9. The third-order valence-corrected chi connectivity index (χ3v) is 2.55. The van der Waals surface area contributed by atoms with Crippen LogP contribution in [0.2, 0.25) is 0 Å². The molecule has 1 aromatic rings. The number of anilines is 1. The summed E-state index contributed by atoms with van der Waals surface area (Å²) in [5.41, 5.74) is -0.0614. The van der Waals surface area contributed by atoms with E-state index in [9.17, 15) is 9.59 Å². The van der Waals surface area contributed by atoms with Crippen molar-refractivity contribution in [2.75, 3.05) is 25.7 Å². The summed E-state index contributed by atoms with van der Waals surface area (Å²) in [5.74, 6) is -0.475. The minimum Gasteiger partial charge on any atom is -0.493 e. The summed E-state index contributed by atoms with van der Waals surface area (Å²) in [7, 11) is 3.00. The van der Waals surface area contributed by atoms with Crippen LogP contribution in [0.25, 0.3) is 0 Å². The Morgan fingerprint density at radius 2 is 1.86 bits per heavy atom. The smallest absolute Gasteiger partial charge is 0.414 e. The van der Waals surface area contributed by atoms with Crippen molar-refractivity contribution >= 4 is 17.7 Å². The monoisotopic (exact) mass is 311 g/mol. The Kier molecular flexibility index (Phi) is 5.62. The van der Waals surface area contributed by atoms with E-state index in [4.69, 9.17) is 19.3 Å². The molecule has 1 N–H and O–H groups in total. The van der Waals surface area contributed by atoms with Gasteiger partial charge in [-0.1, -0.05) is 0 Å². The molecule has 0 aliphatic rings. The molecule has 0 aliphatic heterocycles. The fraction of sp³-hybridized carbons (Fsp3) is 0.467. The van der Waals surface area contributed by atoms with Crippen LogP contribution < -0.4 is 14.4 Å². The van der Waals surface area contributed by atoms with Crippen LogP contribution in [-0.2, 0) is 9.53 Å². The van der Waals surface area contributed by atoms with Gasteiger partial charge >= 0.3 is 12.1 Å². The molecule has 0 saturated heterocycles. The van der Waals surface area contributed by atoms with Crippen LogP contribution in [-0.4, -0.2) is 43.5 Å². The van der Waals surface area contributed by atoms with Crippen LogP contribution in [0, 0.1) is 0 Å². The first-order valence-electron chi connectivity index (χ1n) is 6.63. The lowest BCUT2D eigenvalue weighted by atomic mass is 10.2. The Hall–Kier alpha value is -2.44. The van der Waals surface area contributed by atoms with E-state index in [0.717, 1.165) is 0 Å². The van der Waals surface area contributed by atoms with E-state index in [1.807, 2.05) is 0 Å². The van der Waals surface area contributed by atoms with E-state index in [0.29, 0.717) is 11.4 Å². The lowest BCUT2D eigenvalue weighted by Crippen LogP contribution is -2.34. The highest BCUT2D eigenvalue weighted by molar-refractivity contribution is 5.87. The third-order valence-electron chi connectivity index (χ3n) is 2.55. The molecular formula is C15H21NO6. The number of aliphatic carboxylic acids is 1. The molecule has 7 nitrogen and oxygen atoms in total. The van der Waals surface area contributed by atoms with Crippen LogP contribution in [0.1, 0.15) is 20.8 Å². The van der Waals surface area contributed by atoms with Gasteiger partial charge in [-0.2, -0.15) is 0 Å². The molecule has 0 heterocycles. The number of carboxylic acid groups (broad SMARTS) is 1. The van der Waals surface area contributed by atoms with Crippen molar-refractivity contribution in [1.82, 2.24) is 0 Å². The van der Waals surface area contributed by atoms with Gasteiger partial charge in [-0.25, -0.2) is 9.59 Å². The van der Waals surface area contributed by atoms with Crippen LogP contribution in [0.4, 0.5) is 10.5 Å². The second kappa shape index (κ2) is 7.02. The molecule has 122 valence electrons. The molecule has 0 fully saturated rings. The first kappa shape index (κ1) is 17.6. The van der Waals surface area contributed by atoms with E-state index in [1.54, 1.807) is 40.0 Å². The minimum absolute atomic E-state index is 0.284. The Bertz CT molecular complexity index is 549. The molecule has 0 saturated carbocycles. The van der Waals surface area contributed by atoms with Crippen LogP contribution in [0.3, 0.4) is 0 Å². The molecule has 1 aromatic carbocycles. The number of rotatable bonds is 5. The second-order valence-corrected chi connectivity index (χ2v) is 5.56. The lowest BCUT2D eigenvalue weighted by molar-refractivity contribution is -0.139. The van der Waals surface area contributed by atoms with E-state index in [-0.39, 0.29) is 5.75 Å². The van der Waals surface area contributed by atoms with Crippen molar-refractivity contribution in [3.8, 4) is 11.5 Å². The van der Waals surface area contributed by atoms with Crippen molar-refractivity contribution < 1.29 is 28.9 Å². The maximum absolute atomic E-state index is 12.0. The van der Waals surface area contributed by atoms with Crippen molar-refractivity contribution in [3.05, 3.63) is 18.2 Å². The van der Waals surface area contributed by atoms with Gasteiger partial charge < -0.3 is 19.3 Å². The van der Waals surface area contributed by atoms with Gasteiger partial charge in [0.2, 0.25) is 0 Å². The highest BCUT2D eigenvalue weighted by Crippen LogP contribution is 2.32. The van der Waals surface area contributed by atoms with Gasteiger partial charge in [0.15, 0.2) is 18.1 Å². The van der Waals surface area contributed by atoms with Crippen LogP contribution in [0.15, 0.2) is 18.2 Å². The van der Waals surface area contributed by atoms with E-state index in [2.05, 4.69) is 0 Å². The topological polar surface area (TPSA) is 85.3 Å². The maximum atomic E-state index is 12.0. The van der Waals surface area contributed by atoms with Gasteiger partial charge in [-0.3, -0.25) is 4.90 Å². The average Bonchev–Trinajstić information content (AvgIpc) is 2.42. The van der Waals surface area contributed by atoms with Crippen LogP contribution in [0.5, 0.6) is 11.5 Å². The largest absolute Gasteiger partial charge is 0.493 e. The summed E-state index contributed by atoms with van der Waals surface area (Å²) in [6, 6.07) is 4.72. The number of benzene rings is 1. The SMILES string of the molecule is COc1cc(N(C)C(=O)OC(C)(C)C)ccc1OCC(=O)O. The number of amides is 1. The summed E-state index contributed by atoms with van der Waals surface area (Å²) in [4.78, 5) is 23.9. The Labute approximate surface area is 129 Å². The van der Waals surface area contributed by atoms with Crippen LogP contribution >= 0.6 is 0 Å². The molecule has 0 spiro atoms. The summed E-state index contributed by atoms with van der Waals surface area (Å²) in [6.45, 7) is 4.87. The molecule has 1 amide bonds. The zero-order valence-corrected chi connectivity index (χ0v) is 13.4. The number of nitrogens with zero attached hydrogens (tertiary/aromatic N) is 1. The molecular weight excluding hydrogens is 290 g/mol. The van der Waals surface area contributed by atoms with Crippen molar-refractivity contribution in [1.29, 1.82) is 0 Å². The molecule has 0 unspecified atom stereocenters. The quantitative estimate of drug-likeness (QED) is 0.899. The zero-order valence-electron chi connectivity index (χ0n) is 13.4. The van der Waals surface area contributed by atoms with Crippen molar-refractivity contribution in [2.24, 2.45) is 0 Å². The summed E-state index contributed by atoms with van der Waals surface area (Å²) < 4.78 is 15.5. The third kappa shape index (κ3) is 5.16. The van der Waals surface area contributed by atoms with Gasteiger partial charge in [0.25, 0.3) is 0 Å². The highest BCUT2D eigenvalue weighted by atomic mass is 16.6. The van der Waals surface area contributed by atoms with E-state index in [1.165, 1.54) is 18.1 Å². The maximum Gasteiger partial charge on any atom is 0.414 e. The number of hydrogen-bond donors (Lipinski definition) is 1. The molecule has 7 heteroatoms. The highest BCUT2D eigenvalue weighted by Gasteiger charge is 2.21. The standard InChI is InChI=1S/C15H21NO6/c1-15(2,3)22-14(19)16(4)10-6-7-11(12(8-10)20-5)21-9-13(17)18/h6-8H,9H2,1-5H3,(H,17,18). The summed E-state index contributed by atoms with van der Waals surface area (Å²) >= 11 is 0. The lowest BCUT2D eigenvalue weighted by Gasteiger charge is -2.25. The first-order chi connectivity index (χ1) is 10.1. The number of methoxy groups -OCH3 is 1. The van der Waals surface area contributed by atoms with Gasteiger partial charge in [-0.05, 0) is 32.9 Å². The molecule has 0 aliphatic carbocycles. The number of hydrogen-bond acceptors (Lipinski definition) is 5. The molecule has 22 heavy (non-hydrogen) atoms. The summed E-state index contributed by atoms with van der Waals surface area (Å²) in [6.07, 6.45) is -0.506. The Morgan fingerprint density at radius 3 is 2.36 bits per heavy atom. The number of carbonyl (C=O) groups excluding carboxylic acids is 1. The van der Waals surface area contributed by atoms with Gasteiger partial charge in [0, 0.05) is 13.1 Å². The van der Waals surface area contributed by atoms with Gasteiger partial charge in [-0.15, -0.1) is 0 Å². The normalized spacial score (nSPS) is 10.8. The van der Waals surface area contributed by atoms with E-state index < -0.39 is 24.3 Å². The van der Waals surface area contributed by atoms with Gasteiger partial charge in [0.1, 0.15) is 5.60 Å². The first-order valence-corrected chi connectivity index (χ1v) is 6.63. The Morgan fingerprint density at radius 1 is 1.23 bits per heavy atom. The van der Waals surface area contributed by atoms with Crippen molar-refractivity contribution in [3.63, 3.8) is 0 Å². The minimum atomic E-state index is -1.09. The number of carboxylic acids is 1. The van der Waals surface area contributed by atoms with E-state index >= 15 is 0 Å².